The maximum atomic E-state index is 13.0. The van der Waals surface area contributed by atoms with E-state index >= 15 is 0 Å². The van der Waals surface area contributed by atoms with Gasteiger partial charge in [-0.25, -0.2) is 12.8 Å². The third kappa shape index (κ3) is 4.82. The van der Waals surface area contributed by atoms with Gasteiger partial charge in [-0.3, -0.25) is 9.10 Å². The SMILES string of the molecule is Cc1cccc(C)c1N(CC(=O)N[C@H](C)c1ccc(F)cc1)S(C)(=O)=O. The van der Waals surface area contributed by atoms with Gasteiger partial charge >= 0.3 is 0 Å². The summed E-state index contributed by atoms with van der Waals surface area (Å²) in [4.78, 5) is 12.5. The van der Waals surface area contributed by atoms with Crippen LogP contribution in [0.25, 0.3) is 0 Å². The number of hydrogen-bond acceptors (Lipinski definition) is 3. The largest absolute Gasteiger partial charge is 0.348 e. The van der Waals surface area contributed by atoms with E-state index < -0.39 is 15.9 Å². The summed E-state index contributed by atoms with van der Waals surface area (Å²) in [6.45, 7) is 5.05. The molecular weight excluding hydrogens is 355 g/mol. The summed E-state index contributed by atoms with van der Waals surface area (Å²) >= 11 is 0. The Kier molecular flexibility index (Phi) is 6.02. The monoisotopic (exact) mass is 378 g/mol. The first-order valence-electron chi connectivity index (χ1n) is 8.18. The van der Waals surface area contributed by atoms with E-state index in [0.717, 1.165) is 27.3 Å². The van der Waals surface area contributed by atoms with Crippen molar-refractivity contribution in [3.63, 3.8) is 0 Å². The Balaban J connectivity index is 2.21. The number of nitrogens with zero attached hydrogens (tertiary/aromatic N) is 1. The van der Waals surface area contributed by atoms with Crippen molar-refractivity contribution in [1.29, 1.82) is 0 Å². The van der Waals surface area contributed by atoms with E-state index in [1.54, 1.807) is 45.0 Å². The van der Waals surface area contributed by atoms with Crippen LogP contribution in [0.1, 0.15) is 29.7 Å². The van der Waals surface area contributed by atoms with Crippen LogP contribution in [0.5, 0.6) is 0 Å². The Morgan fingerprint density at radius 1 is 1.12 bits per heavy atom. The Labute approximate surface area is 153 Å². The van der Waals surface area contributed by atoms with Gasteiger partial charge in [0, 0.05) is 0 Å². The van der Waals surface area contributed by atoms with Gasteiger partial charge in [0.05, 0.1) is 18.0 Å². The molecule has 140 valence electrons. The molecule has 0 saturated carbocycles. The smallest absolute Gasteiger partial charge is 0.241 e. The molecule has 1 amide bonds. The number of rotatable bonds is 6. The average molecular weight is 378 g/mol. The molecule has 0 aliphatic heterocycles. The van der Waals surface area contributed by atoms with E-state index in [0.29, 0.717) is 5.69 Å². The first-order valence-corrected chi connectivity index (χ1v) is 10.0. The molecule has 0 fully saturated rings. The van der Waals surface area contributed by atoms with Crippen LogP contribution in [0.2, 0.25) is 0 Å². The van der Waals surface area contributed by atoms with E-state index in [1.807, 2.05) is 6.07 Å². The van der Waals surface area contributed by atoms with Crippen molar-refractivity contribution in [1.82, 2.24) is 5.32 Å². The highest BCUT2D eigenvalue weighted by Gasteiger charge is 2.24. The Bertz CT molecular complexity index is 875. The summed E-state index contributed by atoms with van der Waals surface area (Å²) in [5, 5.41) is 2.76. The van der Waals surface area contributed by atoms with Gasteiger partial charge in [0.15, 0.2) is 0 Å². The van der Waals surface area contributed by atoms with Gasteiger partial charge in [-0.2, -0.15) is 0 Å². The Hall–Kier alpha value is -2.41. The number of nitrogens with one attached hydrogen (secondary N) is 1. The van der Waals surface area contributed by atoms with Crippen molar-refractivity contribution in [2.45, 2.75) is 26.8 Å². The minimum Gasteiger partial charge on any atom is -0.348 e. The van der Waals surface area contributed by atoms with Gasteiger partial charge in [0.25, 0.3) is 0 Å². The van der Waals surface area contributed by atoms with E-state index in [2.05, 4.69) is 5.32 Å². The molecule has 5 nitrogen and oxygen atoms in total. The molecule has 0 bridgehead atoms. The molecule has 0 aromatic heterocycles. The van der Waals surface area contributed by atoms with Gasteiger partial charge in [0.1, 0.15) is 12.4 Å². The van der Waals surface area contributed by atoms with Gasteiger partial charge < -0.3 is 5.32 Å². The van der Waals surface area contributed by atoms with Crippen LogP contribution >= 0.6 is 0 Å². The standard InChI is InChI=1S/C19H23FN2O3S/c1-13-6-5-7-14(2)19(13)22(26(4,24)25)12-18(23)21-15(3)16-8-10-17(20)11-9-16/h5-11,15H,12H2,1-4H3,(H,21,23)/t15-/m1/s1. The molecule has 1 N–H and O–H groups in total. The fourth-order valence-corrected chi connectivity index (χ4v) is 3.78. The number of carbonyl (C=O) groups excluding carboxylic acids is 1. The lowest BCUT2D eigenvalue weighted by Crippen LogP contribution is -2.41. The summed E-state index contributed by atoms with van der Waals surface area (Å²) in [6, 6.07) is 10.9. The predicted octanol–water partition coefficient (Wildman–Crippen LogP) is 3.09. The summed E-state index contributed by atoms with van der Waals surface area (Å²) < 4.78 is 38.7. The summed E-state index contributed by atoms with van der Waals surface area (Å²) in [5.74, 6) is -0.791. The van der Waals surface area contributed by atoms with Crippen molar-refractivity contribution in [2.75, 3.05) is 17.1 Å². The molecule has 0 radical (unpaired) electrons. The lowest BCUT2D eigenvalue weighted by molar-refractivity contribution is -0.120. The van der Waals surface area contributed by atoms with Crippen molar-refractivity contribution >= 4 is 21.6 Å². The van der Waals surface area contributed by atoms with Crippen molar-refractivity contribution in [2.24, 2.45) is 0 Å². The third-order valence-corrected chi connectivity index (χ3v) is 5.24. The van der Waals surface area contributed by atoms with E-state index in [1.165, 1.54) is 12.1 Å². The Morgan fingerprint density at radius 2 is 1.65 bits per heavy atom. The van der Waals surface area contributed by atoms with E-state index in [-0.39, 0.29) is 18.4 Å². The van der Waals surface area contributed by atoms with Crippen molar-refractivity contribution < 1.29 is 17.6 Å². The lowest BCUT2D eigenvalue weighted by Gasteiger charge is -2.26. The first-order chi connectivity index (χ1) is 12.1. The molecule has 0 saturated heterocycles. The minimum atomic E-state index is -3.64. The number of carbonyl (C=O) groups is 1. The average Bonchev–Trinajstić information content (AvgIpc) is 2.53. The molecule has 26 heavy (non-hydrogen) atoms. The summed E-state index contributed by atoms with van der Waals surface area (Å²) in [6.07, 6.45) is 1.08. The van der Waals surface area contributed by atoms with Gasteiger partial charge in [0.2, 0.25) is 15.9 Å². The number of benzene rings is 2. The second-order valence-electron chi connectivity index (χ2n) is 6.35. The normalized spacial score (nSPS) is 12.5. The highest BCUT2D eigenvalue weighted by atomic mass is 32.2. The molecule has 0 spiro atoms. The molecule has 0 aliphatic carbocycles. The predicted molar refractivity (Wildman–Crippen MR) is 101 cm³/mol. The van der Waals surface area contributed by atoms with Crippen LogP contribution in [0.4, 0.5) is 10.1 Å². The molecule has 1 atom stereocenters. The van der Waals surface area contributed by atoms with Crippen LogP contribution in [0.3, 0.4) is 0 Å². The zero-order chi connectivity index (χ0) is 19.5. The molecule has 0 aliphatic rings. The van der Waals surface area contributed by atoms with E-state index in [9.17, 15) is 17.6 Å². The van der Waals surface area contributed by atoms with Crippen LogP contribution in [0.15, 0.2) is 42.5 Å². The number of amides is 1. The maximum absolute atomic E-state index is 13.0. The quantitative estimate of drug-likeness (QED) is 0.840. The zero-order valence-electron chi connectivity index (χ0n) is 15.3. The number of hydrogen-bond donors (Lipinski definition) is 1. The highest BCUT2D eigenvalue weighted by Crippen LogP contribution is 2.26. The maximum Gasteiger partial charge on any atom is 0.241 e. The fourth-order valence-electron chi connectivity index (χ4n) is 2.81. The third-order valence-electron chi connectivity index (χ3n) is 4.12. The van der Waals surface area contributed by atoms with Crippen LogP contribution < -0.4 is 9.62 Å². The van der Waals surface area contributed by atoms with Gasteiger partial charge in [-0.1, -0.05) is 30.3 Å². The Morgan fingerprint density at radius 3 is 2.15 bits per heavy atom. The molecule has 0 heterocycles. The van der Waals surface area contributed by atoms with Crippen LogP contribution in [0, 0.1) is 19.7 Å². The topological polar surface area (TPSA) is 66.5 Å². The lowest BCUT2D eigenvalue weighted by atomic mass is 10.1. The molecular formula is C19H23FN2O3S. The summed E-state index contributed by atoms with van der Waals surface area (Å²) in [5.41, 5.74) is 2.79. The van der Waals surface area contributed by atoms with E-state index in [4.69, 9.17) is 0 Å². The minimum absolute atomic E-state index is 0.323. The van der Waals surface area contributed by atoms with Gasteiger partial charge in [-0.15, -0.1) is 0 Å². The molecule has 7 heteroatoms. The number of halogens is 1. The molecule has 2 aromatic carbocycles. The van der Waals surface area contributed by atoms with Crippen molar-refractivity contribution in [3.05, 3.63) is 65.0 Å². The number of anilines is 1. The number of para-hydroxylation sites is 1. The first kappa shape index (κ1) is 19.9. The molecule has 2 aromatic rings. The second-order valence-corrected chi connectivity index (χ2v) is 8.26. The second kappa shape index (κ2) is 7.86. The number of aryl methyl sites for hydroxylation is 2. The highest BCUT2D eigenvalue weighted by molar-refractivity contribution is 7.92. The summed E-state index contributed by atoms with van der Waals surface area (Å²) in [7, 11) is -3.64. The van der Waals surface area contributed by atoms with Gasteiger partial charge in [-0.05, 0) is 49.6 Å². The fraction of sp³-hybridized carbons (Fsp3) is 0.316. The molecule has 0 unspecified atom stereocenters. The van der Waals surface area contributed by atoms with Crippen molar-refractivity contribution in [3.8, 4) is 0 Å². The molecule has 2 rings (SSSR count). The number of sulfonamides is 1. The van der Waals surface area contributed by atoms with Crippen LogP contribution in [-0.4, -0.2) is 27.1 Å². The van der Waals surface area contributed by atoms with Crippen LogP contribution in [-0.2, 0) is 14.8 Å². The zero-order valence-corrected chi connectivity index (χ0v) is 16.1.